The van der Waals surface area contributed by atoms with E-state index in [1.54, 1.807) is 0 Å². The third-order valence-corrected chi connectivity index (χ3v) is 3.87. The van der Waals surface area contributed by atoms with Gasteiger partial charge in [-0.05, 0) is 49.9 Å². The summed E-state index contributed by atoms with van der Waals surface area (Å²) < 4.78 is 0. The molecule has 2 aliphatic rings. The predicted molar refractivity (Wildman–Crippen MR) is 48.2 cm³/mol. The Labute approximate surface area is 70.4 Å². The second-order valence-corrected chi connectivity index (χ2v) is 4.67. The van der Waals surface area contributed by atoms with Crippen LogP contribution in [0, 0.1) is 17.8 Å². The Kier molecular flexibility index (Phi) is 1.95. The first-order chi connectivity index (χ1) is 5.31. The molecule has 0 bridgehead atoms. The molecule has 0 aromatic rings. The van der Waals surface area contributed by atoms with Gasteiger partial charge in [0.05, 0.1) is 0 Å². The molecule has 2 atom stereocenters. The van der Waals surface area contributed by atoms with Crippen LogP contribution in [0.4, 0.5) is 0 Å². The van der Waals surface area contributed by atoms with E-state index >= 15 is 0 Å². The van der Waals surface area contributed by atoms with Crippen LogP contribution in [0.3, 0.4) is 0 Å². The second-order valence-electron chi connectivity index (χ2n) is 4.67. The Morgan fingerprint density at radius 3 is 3.00 bits per heavy atom. The minimum atomic E-state index is 0.719. The van der Waals surface area contributed by atoms with Crippen molar-refractivity contribution >= 4 is 0 Å². The van der Waals surface area contributed by atoms with Gasteiger partial charge in [0, 0.05) is 0 Å². The van der Waals surface area contributed by atoms with Gasteiger partial charge >= 0.3 is 0 Å². The molecule has 1 radical (unpaired) electrons. The van der Waals surface area contributed by atoms with E-state index in [4.69, 9.17) is 0 Å². The van der Waals surface area contributed by atoms with Crippen LogP contribution in [0.25, 0.3) is 0 Å². The summed E-state index contributed by atoms with van der Waals surface area (Å²) in [6, 6.07) is 0. The van der Waals surface area contributed by atoms with Gasteiger partial charge in [0.15, 0.2) is 0 Å². The van der Waals surface area contributed by atoms with Crippen LogP contribution >= 0.6 is 0 Å². The van der Waals surface area contributed by atoms with Crippen molar-refractivity contribution in [2.75, 3.05) is 0 Å². The van der Waals surface area contributed by atoms with Gasteiger partial charge in [0.1, 0.15) is 0 Å². The topological polar surface area (TPSA) is 0 Å². The quantitative estimate of drug-likeness (QED) is 0.496. The van der Waals surface area contributed by atoms with Crippen molar-refractivity contribution in [3.63, 3.8) is 0 Å². The van der Waals surface area contributed by atoms with Gasteiger partial charge in [-0.15, -0.1) is 0 Å². The molecule has 2 saturated carbocycles. The smallest absolute Gasteiger partial charge is 0.0295 e. The molecule has 0 aliphatic heterocycles. The molecule has 0 aromatic heterocycles. The third-order valence-electron chi connectivity index (χ3n) is 3.87. The van der Waals surface area contributed by atoms with E-state index in [1.165, 1.54) is 44.9 Å². The molecule has 2 aliphatic carbocycles. The maximum absolute atomic E-state index is 2.52. The van der Waals surface area contributed by atoms with Crippen molar-refractivity contribution in [3.05, 3.63) is 6.42 Å². The zero-order chi connectivity index (χ0) is 7.73. The minimum Gasteiger partial charge on any atom is -0.0594 e. The van der Waals surface area contributed by atoms with Crippen molar-refractivity contribution < 1.29 is 0 Å². The average molecular weight is 151 g/mol. The molecular weight excluding hydrogens is 132 g/mol. The monoisotopic (exact) mass is 151 g/mol. The summed E-state index contributed by atoms with van der Waals surface area (Å²) >= 11 is 0. The van der Waals surface area contributed by atoms with Crippen LogP contribution in [-0.4, -0.2) is 0 Å². The van der Waals surface area contributed by atoms with Crippen LogP contribution in [-0.2, 0) is 0 Å². The first kappa shape index (κ1) is 7.64. The van der Waals surface area contributed by atoms with Crippen LogP contribution in [0.2, 0.25) is 0 Å². The normalized spacial score (nSPS) is 45.0. The Morgan fingerprint density at radius 2 is 2.18 bits per heavy atom. The first-order valence-corrected chi connectivity index (χ1v) is 5.13. The van der Waals surface area contributed by atoms with Gasteiger partial charge in [-0.1, -0.05) is 19.8 Å². The molecule has 11 heavy (non-hydrogen) atoms. The highest BCUT2D eigenvalue weighted by molar-refractivity contribution is 4.94. The molecule has 2 rings (SSSR count). The lowest BCUT2D eigenvalue weighted by molar-refractivity contribution is 0.0858. The minimum absolute atomic E-state index is 0.719. The van der Waals surface area contributed by atoms with Gasteiger partial charge < -0.3 is 0 Å². The highest BCUT2D eigenvalue weighted by atomic mass is 14.4. The molecule has 0 amide bonds. The summed E-state index contributed by atoms with van der Waals surface area (Å²) in [6.07, 6.45) is 12.8. The van der Waals surface area contributed by atoms with Crippen molar-refractivity contribution in [1.29, 1.82) is 0 Å². The van der Waals surface area contributed by atoms with Crippen LogP contribution in [0.1, 0.15) is 51.9 Å². The van der Waals surface area contributed by atoms with Crippen molar-refractivity contribution in [3.8, 4) is 0 Å². The fourth-order valence-corrected chi connectivity index (χ4v) is 2.98. The SMILES string of the molecule is CC12C[CH]CCC1CCCC2. The third kappa shape index (κ3) is 1.32. The molecule has 0 heterocycles. The van der Waals surface area contributed by atoms with Gasteiger partial charge in [-0.2, -0.15) is 0 Å². The molecule has 0 aromatic carbocycles. The van der Waals surface area contributed by atoms with Crippen LogP contribution < -0.4 is 0 Å². The van der Waals surface area contributed by atoms with Crippen molar-refractivity contribution in [2.45, 2.75) is 51.9 Å². The summed E-state index contributed by atoms with van der Waals surface area (Å²) in [5.74, 6) is 1.07. The van der Waals surface area contributed by atoms with E-state index in [1.807, 2.05) is 0 Å². The zero-order valence-corrected chi connectivity index (χ0v) is 7.60. The van der Waals surface area contributed by atoms with Gasteiger partial charge in [-0.25, -0.2) is 0 Å². The second kappa shape index (κ2) is 2.80. The standard InChI is InChI=1S/C11H19/c1-11-8-4-2-6-10(11)7-3-5-9-11/h4,10H,2-3,5-9H2,1H3. The molecule has 2 unspecified atom stereocenters. The fraction of sp³-hybridized carbons (Fsp3) is 0.909. The van der Waals surface area contributed by atoms with Crippen LogP contribution in [0.5, 0.6) is 0 Å². The highest BCUT2D eigenvalue weighted by Crippen LogP contribution is 2.49. The first-order valence-electron chi connectivity index (χ1n) is 5.13. The maximum Gasteiger partial charge on any atom is -0.0295 e. The Hall–Kier alpha value is 0. The summed E-state index contributed by atoms with van der Waals surface area (Å²) in [4.78, 5) is 0. The van der Waals surface area contributed by atoms with Crippen molar-refractivity contribution in [1.82, 2.24) is 0 Å². The summed E-state index contributed by atoms with van der Waals surface area (Å²) in [5, 5.41) is 0. The Morgan fingerprint density at radius 1 is 1.27 bits per heavy atom. The lowest BCUT2D eigenvalue weighted by Gasteiger charge is -2.45. The molecule has 0 heteroatoms. The van der Waals surface area contributed by atoms with Crippen LogP contribution in [0.15, 0.2) is 0 Å². The number of rotatable bonds is 0. The Balaban J connectivity index is 2.06. The van der Waals surface area contributed by atoms with E-state index in [0.29, 0.717) is 0 Å². The van der Waals surface area contributed by atoms with E-state index in [-0.39, 0.29) is 0 Å². The van der Waals surface area contributed by atoms with Crippen molar-refractivity contribution in [2.24, 2.45) is 11.3 Å². The van der Waals surface area contributed by atoms with E-state index < -0.39 is 0 Å². The molecular formula is C11H19. The molecule has 0 N–H and O–H groups in total. The van der Waals surface area contributed by atoms with E-state index in [0.717, 1.165) is 11.3 Å². The molecule has 2 fully saturated rings. The molecule has 0 spiro atoms. The largest absolute Gasteiger partial charge is 0.0594 e. The number of hydrogen-bond donors (Lipinski definition) is 0. The predicted octanol–water partition coefficient (Wildman–Crippen LogP) is 3.57. The average Bonchev–Trinajstić information content (AvgIpc) is 2.03. The van der Waals surface area contributed by atoms with Gasteiger partial charge in [0.2, 0.25) is 0 Å². The van der Waals surface area contributed by atoms with Gasteiger partial charge in [-0.3, -0.25) is 0 Å². The highest BCUT2D eigenvalue weighted by Gasteiger charge is 2.37. The Bertz CT molecular complexity index is 125. The van der Waals surface area contributed by atoms with E-state index in [2.05, 4.69) is 13.3 Å². The van der Waals surface area contributed by atoms with Gasteiger partial charge in [0.25, 0.3) is 0 Å². The number of fused-ring (bicyclic) bond motifs is 1. The summed E-state index contributed by atoms with van der Waals surface area (Å²) in [6.45, 7) is 2.51. The fourth-order valence-electron chi connectivity index (χ4n) is 2.98. The lowest BCUT2D eigenvalue weighted by atomic mass is 9.61. The lowest BCUT2D eigenvalue weighted by Crippen LogP contribution is -2.33. The molecule has 0 nitrogen and oxygen atoms in total. The van der Waals surface area contributed by atoms with E-state index in [9.17, 15) is 0 Å². The summed E-state index contributed by atoms with van der Waals surface area (Å²) in [5.41, 5.74) is 0.719. The zero-order valence-electron chi connectivity index (χ0n) is 7.60. The molecule has 63 valence electrons. The maximum atomic E-state index is 2.52. The number of hydrogen-bond acceptors (Lipinski definition) is 0. The summed E-state index contributed by atoms with van der Waals surface area (Å²) in [7, 11) is 0. The molecule has 0 saturated heterocycles.